The van der Waals surface area contributed by atoms with E-state index in [4.69, 9.17) is 28.8 Å². The van der Waals surface area contributed by atoms with Crippen LogP contribution in [0.5, 0.6) is 0 Å². The number of pyridine rings is 2. The second-order valence-electron chi connectivity index (χ2n) is 29.2. The van der Waals surface area contributed by atoms with E-state index in [2.05, 4.69) is 298 Å². The molecular formula is C92H68B2N8O2Pt. The average Bonchev–Trinajstić information content (AvgIpc) is 0.787. The van der Waals surface area contributed by atoms with Gasteiger partial charge in [0.2, 0.25) is 12.6 Å². The summed E-state index contributed by atoms with van der Waals surface area (Å²) >= 11 is 0. The fourth-order valence-corrected chi connectivity index (χ4v) is 15.7. The number of rotatable bonds is 8. The molecule has 0 saturated carbocycles. The summed E-state index contributed by atoms with van der Waals surface area (Å²) < 4.78 is 12.7. The van der Waals surface area contributed by atoms with Crippen molar-refractivity contribution in [3.63, 3.8) is 0 Å². The first-order valence-corrected chi connectivity index (χ1v) is 35.6. The Hall–Kier alpha value is -12.1. The van der Waals surface area contributed by atoms with Gasteiger partial charge in [-0.05, 0) is 200 Å². The fourth-order valence-electron chi connectivity index (χ4n) is 15.7. The first-order chi connectivity index (χ1) is 50.8. The fraction of sp³-hybridized carbons (Fsp3) is 0.0870. The van der Waals surface area contributed by atoms with E-state index in [9.17, 15) is 0 Å². The second kappa shape index (κ2) is 25.7. The topological polar surface area (TPSA) is 90.8 Å². The summed E-state index contributed by atoms with van der Waals surface area (Å²) in [5.41, 5.74) is 31.8. The first kappa shape index (κ1) is 65.0. The van der Waals surface area contributed by atoms with E-state index in [1.54, 1.807) is 0 Å². The van der Waals surface area contributed by atoms with Crippen molar-refractivity contribution in [3.8, 4) is 45.4 Å². The molecule has 0 atom stereocenters. The molecule has 20 rings (SSSR count). The van der Waals surface area contributed by atoms with E-state index in [1.807, 2.05) is 79.1 Å². The quantitative estimate of drug-likeness (QED) is 0.108. The Morgan fingerprint density at radius 1 is 0.324 bits per heavy atom. The summed E-state index contributed by atoms with van der Waals surface area (Å²) in [5.74, 6) is 1.17. The maximum atomic E-state index is 6.37. The molecule has 4 aromatic heterocycles. The van der Waals surface area contributed by atoms with Gasteiger partial charge in [0.1, 0.15) is 17.0 Å². The Labute approximate surface area is 626 Å². The van der Waals surface area contributed by atoms with Crippen molar-refractivity contribution < 1.29 is 29.9 Å². The van der Waals surface area contributed by atoms with Crippen molar-refractivity contribution in [3.05, 3.63) is 327 Å². The van der Waals surface area contributed by atoms with Gasteiger partial charge in [0.05, 0.1) is 11.2 Å². The van der Waals surface area contributed by atoms with E-state index >= 15 is 0 Å². The van der Waals surface area contributed by atoms with Crippen LogP contribution in [0.3, 0.4) is 0 Å². The molecule has 504 valence electrons. The van der Waals surface area contributed by atoms with Crippen LogP contribution in [0.25, 0.3) is 67.6 Å². The minimum Gasteiger partial charge on any atom is -0.481 e. The van der Waals surface area contributed by atoms with Crippen LogP contribution in [0.4, 0.5) is 68.2 Å². The smallest absolute Gasteiger partial charge is 0.481 e. The van der Waals surface area contributed by atoms with Gasteiger partial charge in [-0.3, -0.25) is 9.97 Å². The molecule has 0 aliphatic carbocycles. The molecule has 13 heteroatoms. The molecule has 4 aliphatic heterocycles. The molecular weight excluding hydrogens is 1470 g/mol. The monoisotopic (exact) mass is 1530 g/mol. The molecule has 8 heterocycles. The normalized spacial score (nSPS) is 13.0. The third-order valence-electron chi connectivity index (χ3n) is 20.7. The van der Waals surface area contributed by atoms with Crippen molar-refractivity contribution in [2.24, 2.45) is 0 Å². The minimum atomic E-state index is -0.183. The van der Waals surface area contributed by atoms with Gasteiger partial charge in [-0.1, -0.05) is 181 Å². The van der Waals surface area contributed by atoms with Crippen LogP contribution in [-0.2, 0) is 31.9 Å². The Balaban J connectivity index is 0.000000148. The third kappa shape index (κ3) is 11.2. The van der Waals surface area contributed by atoms with Crippen LogP contribution in [0.2, 0.25) is 0 Å². The Morgan fingerprint density at radius 2 is 0.695 bits per heavy atom. The Bertz CT molecular complexity index is 5540. The molecule has 4 aliphatic rings. The van der Waals surface area contributed by atoms with Gasteiger partial charge < -0.3 is 33.4 Å². The van der Waals surface area contributed by atoms with E-state index in [-0.39, 0.29) is 45.3 Å². The molecule has 0 saturated heterocycles. The van der Waals surface area contributed by atoms with E-state index in [1.165, 1.54) is 44.4 Å². The summed E-state index contributed by atoms with van der Waals surface area (Å²) in [4.78, 5) is 29.0. The number of fused-ring (bicyclic) bond motifs is 10. The zero-order valence-electron chi connectivity index (χ0n) is 58.7. The number of para-hydroxylation sites is 8. The van der Waals surface area contributed by atoms with Crippen molar-refractivity contribution in [2.45, 2.75) is 52.4 Å². The van der Waals surface area contributed by atoms with Crippen LogP contribution in [-0.4, -0.2) is 33.4 Å². The zero-order chi connectivity index (χ0) is 70.0. The average molecular weight is 1530 g/mol. The summed E-state index contributed by atoms with van der Waals surface area (Å²) in [7, 11) is 0. The van der Waals surface area contributed by atoms with Crippen LogP contribution >= 0.6 is 0 Å². The number of oxazole rings is 2. The van der Waals surface area contributed by atoms with E-state index in [0.717, 1.165) is 124 Å². The first-order valence-electron chi connectivity index (χ1n) is 35.6. The van der Waals surface area contributed by atoms with Gasteiger partial charge in [-0.25, -0.2) is 4.98 Å². The van der Waals surface area contributed by atoms with Gasteiger partial charge in [0.15, 0.2) is 5.58 Å². The molecule has 0 amide bonds. The van der Waals surface area contributed by atoms with Crippen molar-refractivity contribution >= 4 is 137 Å². The summed E-state index contributed by atoms with van der Waals surface area (Å²) in [6, 6.07) is 111. The zero-order valence-corrected chi connectivity index (χ0v) is 61.0. The second-order valence-corrected chi connectivity index (χ2v) is 29.2. The summed E-state index contributed by atoms with van der Waals surface area (Å²) in [6.07, 6.45) is 3.71. The molecule has 0 unspecified atom stereocenters. The number of hydrogen-bond acceptors (Lipinski definition) is 10. The number of anilines is 12. The molecule has 12 aromatic carbocycles. The maximum Gasteiger partial charge on any atom is 2.00 e. The molecule has 105 heavy (non-hydrogen) atoms. The predicted molar refractivity (Wildman–Crippen MR) is 428 cm³/mol. The van der Waals surface area contributed by atoms with Gasteiger partial charge in [-0.15, -0.1) is 52.9 Å². The van der Waals surface area contributed by atoms with Crippen molar-refractivity contribution in [1.82, 2.24) is 19.9 Å². The molecule has 0 fully saturated rings. The van der Waals surface area contributed by atoms with Gasteiger partial charge >= 0.3 is 21.1 Å². The summed E-state index contributed by atoms with van der Waals surface area (Å²) in [5, 5.41) is 0. The van der Waals surface area contributed by atoms with E-state index < -0.39 is 0 Å². The summed E-state index contributed by atoms with van der Waals surface area (Å²) in [6.45, 7) is 13.5. The van der Waals surface area contributed by atoms with Crippen molar-refractivity contribution in [2.75, 3.05) is 19.6 Å². The molecule has 10 nitrogen and oxygen atoms in total. The number of nitrogens with zero attached hydrogens (tertiary/aromatic N) is 8. The Kier molecular flexibility index (Phi) is 15.9. The third-order valence-corrected chi connectivity index (χ3v) is 20.7. The van der Waals surface area contributed by atoms with Crippen LogP contribution in [0.15, 0.2) is 312 Å². The van der Waals surface area contributed by atoms with Crippen LogP contribution in [0, 0.1) is 12.1 Å². The van der Waals surface area contributed by atoms with Crippen LogP contribution in [0.1, 0.15) is 52.7 Å². The van der Waals surface area contributed by atoms with Crippen molar-refractivity contribution in [1.29, 1.82) is 0 Å². The minimum absolute atomic E-state index is 0. The molecule has 16 aromatic rings. The molecule has 0 radical (unpaired) electrons. The number of hydrogen-bond donors (Lipinski definition) is 0. The van der Waals surface area contributed by atoms with Gasteiger partial charge in [0, 0.05) is 74.8 Å². The van der Waals surface area contributed by atoms with Gasteiger partial charge in [0.25, 0.3) is 6.71 Å². The molecule has 0 bridgehead atoms. The SMILES string of the molecule is CC(C)(C)c1cc2c3c(c1)N(c1ccccc1)c1ccc(-c4nc5ccccc5o4)[c-]c1B3c1[c-]c(-c3ccccn3)ccc1N2c1ccccc1.CC(C)(C)c1cc2c3c(c1)N(c1ccccc1)c1ccc(-c4nc5ccccc5o4)cc1B3c1cc(-c3ccccn3)ccc1N2c1ccccc1.[Pt+2]. The Morgan fingerprint density at radius 3 is 1.15 bits per heavy atom. The van der Waals surface area contributed by atoms with E-state index in [0.29, 0.717) is 11.8 Å². The standard InChI is InChI=1S/C46H35BN4O.C46H33BN4O.Pt/c2*1-46(2,3)32-28-41-44-42(29-32)51(34-16-8-5-9-17-34)40-24-22-31(45-49-38-19-10-11-20-43(38)52-45)27-36(40)47(44)35-26-30(37-18-12-13-25-48-37)21-23-39(35)50(41)33-14-6-4-7-15-33;/h4-29H,1-3H3;4-25,28-29H,1-3H3;/q;-2;+2. The molecule has 0 N–H and O–H groups in total. The molecule has 0 spiro atoms. The van der Waals surface area contributed by atoms with Crippen LogP contribution < -0.4 is 52.4 Å². The largest absolute Gasteiger partial charge is 2.00 e. The maximum absolute atomic E-state index is 6.37. The van der Waals surface area contributed by atoms with Gasteiger partial charge in [-0.2, -0.15) is 0 Å². The number of benzene rings is 12. The predicted octanol–water partition coefficient (Wildman–Crippen LogP) is 19.5. The number of aromatic nitrogens is 4.